The molecular weight excluding hydrogens is 350 g/mol. The molecule has 6 nitrogen and oxygen atoms in total. The van der Waals surface area contributed by atoms with Crippen molar-refractivity contribution in [1.29, 1.82) is 0 Å². The Morgan fingerprint density at radius 3 is 2.88 bits per heavy atom. The summed E-state index contributed by atoms with van der Waals surface area (Å²) in [5, 5.41) is 2.13. The summed E-state index contributed by atoms with van der Waals surface area (Å²) in [6.45, 7) is 5.22. The van der Waals surface area contributed by atoms with Crippen molar-refractivity contribution in [3.8, 4) is 0 Å². The Morgan fingerprint density at radius 2 is 2.12 bits per heavy atom. The van der Waals surface area contributed by atoms with E-state index in [0.29, 0.717) is 12.5 Å². The lowest BCUT2D eigenvalue weighted by molar-refractivity contribution is -0.148. The van der Waals surface area contributed by atoms with Gasteiger partial charge in [-0.15, -0.1) is 11.3 Å². The van der Waals surface area contributed by atoms with Crippen molar-refractivity contribution in [1.82, 2.24) is 14.7 Å². The molecular formula is C19H27N3O3S. The van der Waals surface area contributed by atoms with Gasteiger partial charge in [0, 0.05) is 44.0 Å². The first kappa shape index (κ1) is 17.9. The van der Waals surface area contributed by atoms with Crippen molar-refractivity contribution < 1.29 is 14.3 Å². The van der Waals surface area contributed by atoms with Crippen LogP contribution in [0.3, 0.4) is 0 Å². The Labute approximate surface area is 158 Å². The first-order chi connectivity index (χ1) is 12.6. The smallest absolute Gasteiger partial charge is 0.248 e. The highest BCUT2D eigenvalue weighted by atomic mass is 32.1. The van der Waals surface area contributed by atoms with E-state index in [0.717, 1.165) is 52.0 Å². The van der Waals surface area contributed by atoms with Crippen LogP contribution in [0.15, 0.2) is 11.4 Å². The number of thiophene rings is 1. The summed E-state index contributed by atoms with van der Waals surface area (Å²) in [5.74, 6) is 0.546. The van der Waals surface area contributed by atoms with Crippen molar-refractivity contribution in [3.63, 3.8) is 0 Å². The van der Waals surface area contributed by atoms with E-state index in [1.807, 2.05) is 18.4 Å². The number of rotatable bonds is 3. The number of fused-ring (bicyclic) bond motifs is 1. The van der Waals surface area contributed by atoms with Crippen molar-refractivity contribution >= 4 is 23.2 Å². The average molecular weight is 378 g/mol. The first-order valence-corrected chi connectivity index (χ1v) is 10.4. The Hall–Kier alpha value is -1.44. The summed E-state index contributed by atoms with van der Waals surface area (Å²) >= 11 is 1.81. The van der Waals surface area contributed by atoms with Crippen LogP contribution >= 0.6 is 11.3 Å². The van der Waals surface area contributed by atoms with Gasteiger partial charge in [0.05, 0.1) is 6.10 Å². The molecule has 142 valence electrons. The van der Waals surface area contributed by atoms with Crippen LogP contribution in [0.1, 0.15) is 23.3 Å². The number of carbonyl (C=O) groups is 2. The normalized spacial score (nSPS) is 25.4. The maximum absolute atomic E-state index is 12.9. The molecule has 3 aliphatic heterocycles. The van der Waals surface area contributed by atoms with Crippen molar-refractivity contribution in [2.24, 2.45) is 5.92 Å². The van der Waals surface area contributed by atoms with Gasteiger partial charge in [0.15, 0.2) is 0 Å². The average Bonchev–Trinajstić information content (AvgIpc) is 3.12. The van der Waals surface area contributed by atoms with Gasteiger partial charge in [0.1, 0.15) is 6.61 Å². The molecule has 2 fully saturated rings. The summed E-state index contributed by atoms with van der Waals surface area (Å²) in [7, 11) is 1.83. The summed E-state index contributed by atoms with van der Waals surface area (Å²) in [5.41, 5.74) is 1.33. The SMILES string of the molecule is CN1CC(CN2CCC(C(=O)N3CCc4sccc4C3)CC2)OCC1=O. The van der Waals surface area contributed by atoms with E-state index >= 15 is 0 Å². The van der Waals surface area contributed by atoms with Gasteiger partial charge in [-0.3, -0.25) is 9.59 Å². The molecule has 4 rings (SSSR count). The molecule has 7 heteroatoms. The minimum Gasteiger partial charge on any atom is -0.365 e. The van der Waals surface area contributed by atoms with Crippen LogP contribution in [-0.4, -0.2) is 79.0 Å². The number of ether oxygens (including phenoxy) is 1. The molecule has 4 heterocycles. The molecule has 0 aliphatic carbocycles. The molecule has 26 heavy (non-hydrogen) atoms. The Kier molecular flexibility index (Phi) is 5.29. The summed E-state index contributed by atoms with van der Waals surface area (Å²) in [4.78, 5) is 32.0. The topological polar surface area (TPSA) is 53.1 Å². The summed E-state index contributed by atoms with van der Waals surface area (Å²) < 4.78 is 5.65. The molecule has 0 bridgehead atoms. The van der Waals surface area contributed by atoms with E-state index in [-0.39, 0.29) is 24.5 Å². The third kappa shape index (κ3) is 3.80. The molecule has 0 saturated carbocycles. The predicted molar refractivity (Wildman–Crippen MR) is 100.0 cm³/mol. The van der Waals surface area contributed by atoms with Gasteiger partial charge in [-0.1, -0.05) is 0 Å². The number of likely N-dealkylation sites (N-methyl/N-ethyl adjacent to an activating group) is 1. The van der Waals surface area contributed by atoms with Gasteiger partial charge in [-0.25, -0.2) is 0 Å². The first-order valence-electron chi connectivity index (χ1n) is 9.52. The molecule has 3 aliphatic rings. The van der Waals surface area contributed by atoms with Crippen molar-refractivity contribution in [2.45, 2.75) is 31.9 Å². The number of carbonyl (C=O) groups excluding carboxylic acids is 2. The third-order valence-corrected chi connectivity index (χ3v) is 6.89. The highest BCUT2D eigenvalue weighted by Crippen LogP contribution is 2.27. The number of amides is 2. The quantitative estimate of drug-likeness (QED) is 0.794. The Bertz CT molecular complexity index is 669. The second-order valence-corrected chi connectivity index (χ2v) is 8.66. The van der Waals surface area contributed by atoms with Crippen LogP contribution in [0, 0.1) is 5.92 Å². The van der Waals surface area contributed by atoms with Gasteiger partial charge < -0.3 is 19.4 Å². The molecule has 1 atom stereocenters. The van der Waals surface area contributed by atoms with Crippen LogP contribution in [0.2, 0.25) is 0 Å². The van der Waals surface area contributed by atoms with Crippen molar-refractivity contribution in [3.05, 3.63) is 21.9 Å². The van der Waals surface area contributed by atoms with E-state index in [2.05, 4.69) is 21.2 Å². The summed E-state index contributed by atoms with van der Waals surface area (Å²) in [6, 6.07) is 2.16. The fourth-order valence-electron chi connectivity index (χ4n) is 4.21. The van der Waals surface area contributed by atoms with Crippen LogP contribution in [0.25, 0.3) is 0 Å². The fraction of sp³-hybridized carbons (Fsp3) is 0.684. The number of nitrogens with zero attached hydrogens (tertiary/aromatic N) is 3. The number of hydrogen-bond acceptors (Lipinski definition) is 5. The molecule has 2 saturated heterocycles. The van der Waals surface area contributed by atoms with E-state index < -0.39 is 0 Å². The van der Waals surface area contributed by atoms with Gasteiger partial charge >= 0.3 is 0 Å². The second-order valence-electron chi connectivity index (χ2n) is 7.66. The zero-order valence-electron chi connectivity index (χ0n) is 15.4. The highest BCUT2D eigenvalue weighted by Gasteiger charge is 2.32. The van der Waals surface area contributed by atoms with Crippen LogP contribution in [-0.2, 0) is 27.3 Å². The molecule has 0 N–H and O–H groups in total. The predicted octanol–water partition coefficient (Wildman–Crippen LogP) is 1.20. The van der Waals surface area contributed by atoms with Gasteiger partial charge in [-0.2, -0.15) is 0 Å². The van der Waals surface area contributed by atoms with Crippen LogP contribution in [0.5, 0.6) is 0 Å². The number of likely N-dealkylation sites (tertiary alicyclic amines) is 1. The molecule has 1 aromatic rings. The highest BCUT2D eigenvalue weighted by molar-refractivity contribution is 7.10. The monoisotopic (exact) mass is 377 g/mol. The lowest BCUT2D eigenvalue weighted by atomic mass is 9.94. The van der Waals surface area contributed by atoms with Gasteiger partial charge in [0.2, 0.25) is 11.8 Å². The number of hydrogen-bond donors (Lipinski definition) is 0. The lowest BCUT2D eigenvalue weighted by Crippen LogP contribution is -2.51. The minimum atomic E-state index is 0.0564. The Balaban J connectivity index is 1.25. The molecule has 0 radical (unpaired) electrons. The van der Waals surface area contributed by atoms with E-state index in [1.165, 1.54) is 10.4 Å². The Morgan fingerprint density at radius 1 is 1.31 bits per heavy atom. The standard InChI is InChI=1S/C19H27N3O3S/c1-20-11-16(25-13-18(20)23)12-21-6-2-14(3-7-21)19(24)22-8-4-17-15(10-22)5-9-26-17/h5,9,14,16H,2-4,6-8,10-13H2,1H3. The number of piperidine rings is 1. The van der Waals surface area contributed by atoms with Gasteiger partial charge in [-0.05, 0) is 49.4 Å². The molecule has 2 amide bonds. The van der Waals surface area contributed by atoms with E-state index in [9.17, 15) is 9.59 Å². The molecule has 1 aromatic heterocycles. The third-order valence-electron chi connectivity index (χ3n) is 5.86. The summed E-state index contributed by atoms with van der Waals surface area (Å²) in [6.07, 6.45) is 2.94. The van der Waals surface area contributed by atoms with E-state index in [4.69, 9.17) is 4.74 Å². The molecule has 0 aromatic carbocycles. The molecule has 1 unspecified atom stereocenters. The van der Waals surface area contributed by atoms with Crippen molar-refractivity contribution in [2.75, 3.05) is 46.4 Å². The van der Waals surface area contributed by atoms with Gasteiger partial charge in [0.25, 0.3) is 0 Å². The number of morpholine rings is 1. The maximum atomic E-state index is 12.9. The molecule has 0 spiro atoms. The van der Waals surface area contributed by atoms with Crippen LogP contribution in [0.4, 0.5) is 0 Å². The fourth-order valence-corrected chi connectivity index (χ4v) is 5.10. The van der Waals surface area contributed by atoms with E-state index in [1.54, 1.807) is 4.90 Å². The maximum Gasteiger partial charge on any atom is 0.248 e. The minimum absolute atomic E-state index is 0.0564. The lowest BCUT2D eigenvalue weighted by Gasteiger charge is -2.38. The zero-order chi connectivity index (χ0) is 18.1. The second kappa shape index (κ2) is 7.66. The van der Waals surface area contributed by atoms with Crippen LogP contribution < -0.4 is 0 Å². The largest absolute Gasteiger partial charge is 0.365 e. The zero-order valence-corrected chi connectivity index (χ0v) is 16.2.